The highest BCUT2D eigenvalue weighted by Crippen LogP contribution is 2.30. The number of likely N-dealkylation sites (tertiary alicyclic amines) is 1. The monoisotopic (exact) mass is 498 g/mol. The highest BCUT2D eigenvalue weighted by atomic mass is 32.2. The van der Waals surface area contributed by atoms with Gasteiger partial charge in [-0.05, 0) is 86.1 Å². The minimum atomic E-state index is -3.83. The second kappa shape index (κ2) is 11.5. The van der Waals surface area contributed by atoms with Crippen molar-refractivity contribution in [3.05, 3.63) is 53.7 Å². The van der Waals surface area contributed by atoms with Crippen molar-refractivity contribution in [2.75, 3.05) is 25.0 Å². The van der Waals surface area contributed by atoms with Crippen LogP contribution in [0.3, 0.4) is 0 Å². The summed E-state index contributed by atoms with van der Waals surface area (Å²) < 4.78 is 30.0. The Labute approximate surface area is 209 Å². The normalized spacial score (nSPS) is 19.7. The average Bonchev–Trinajstić information content (AvgIpc) is 2.86. The molecular formula is C27H38N4O3S. The number of fused-ring (bicyclic) bond motifs is 1. The Morgan fingerprint density at radius 3 is 2.63 bits per heavy atom. The molecule has 2 aromatic rings. The Hall–Kier alpha value is -2.45. The summed E-state index contributed by atoms with van der Waals surface area (Å²) in [4.78, 5) is 19.9. The third kappa shape index (κ3) is 6.61. The summed E-state index contributed by atoms with van der Waals surface area (Å²) >= 11 is 0. The quantitative estimate of drug-likeness (QED) is 0.510. The number of anilines is 1. The number of hydrogen-bond acceptors (Lipinski definition) is 5. The van der Waals surface area contributed by atoms with Crippen LogP contribution < -0.4 is 10.0 Å². The largest absolute Gasteiger partial charge is 0.370 e. The number of benzene rings is 1. The summed E-state index contributed by atoms with van der Waals surface area (Å²) in [7, 11) is -3.83. The van der Waals surface area contributed by atoms with Crippen molar-refractivity contribution in [1.29, 1.82) is 0 Å². The molecule has 1 fully saturated rings. The minimum Gasteiger partial charge on any atom is -0.370 e. The van der Waals surface area contributed by atoms with E-state index in [1.165, 1.54) is 0 Å². The van der Waals surface area contributed by atoms with Crippen LogP contribution in [0.15, 0.2) is 47.5 Å². The number of nitrogens with zero attached hydrogens (tertiary/aromatic N) is 2. The summed E-state index contributed by atoms with van der Waals surface area (Å²) in [5, 5.41) is 3.25. The molecule has 0 radical (unpaired) electrons. The molecule has 2 N–H and O–H groups in total. The molecule has 35 heavy (non-hydrogen) atoms. The molecule has 1 amide bonds. The topological polar surface area (TPSA) is 91.4 Å². The van der Waals surface area contributed by atoms with Gasteiger partial charge in [0.15, 0.2) is 0 Å². The Balaban J connectivity index is 1.49. The molecule has 1 aromatic heterocycles. The van der Waals surface area contributed by atoms with E-state index in [0.29, 0.717) is 49.2 Å². The molecule has 1 aromatic carbocycles. The first-order valence-corrected chi connectivity index (χ1v) is 14.4. The SMILES string of the molecule is CC1CCN(C(=O)[C@H](CCCNc2ccccn2)NS(=O)(=O)c2cccc3c2CCC(C)C3)CC1. The summed E-state index contributed by atoms with van der Waals surface area (Å²) in [6.07, 6.45) is 7.33. The van der Waals surface area contributed by atoms with Crippen molar-refractivity contribution < 1.29 is 13.2 Å². The van der Waals surface area contributed by atoms with Crippen LogP contribution >= 0.6 is 0 Å². The maximum Gasteiger partial charge on any atom is 0.241 e. The number of nitrogens with one attached hydrogen (secondary N) is 2. The molecule has 0 bridgehead atoms. The lowest BCUT2D eigenvalue weighted by Crippen LogP contribution is -2.50. The molecule has 7 nitrogen and oxygen atoms in total. The number of pyridine rings is 1. The van der Waals surface area contributed by atoms with Gasteiger partial charge in [0.2, 0.25) is 15.9 Å². The minimum absolute atomic E-state index is 0.114. The molecule has 4 rings (SSSR count). The molecule has 2 heterocycles. The molecule has 2 aliphatic rings. The second-order valence-electron chi connectivity index (χ2n) is 10.2. The molecule has 8 heteroatoms. The number of rotatable bonds is 9. The molecular weight excluding hydrogens is 460 g/mol. The van der Waals surface area contributed by atoms with E-state index >= 15 is 0 Å². The summed E-state index contributed by atoms with van der Waals surface area (Å²) in [6, 6.07) is 10.4. The van der Waals surface area contributed by atoms with Gasteiger partial charge in [0, 0.05) is 25.8 Å². The zero-order chi connectivity index (χ0) is 24.8. The van der Waals surface area contributed by atoms with Gasteiger partial charge in [0.25, 0.3) is 0 Å². The number of sulfonamides is 1. The van der Waals surface area contributed by atoms with Crippen LogP contribution in [0.2, 0.25) is 0 Å². The number of piperidine rings is 1. The van der Waals surface area contributed by atoms with Crippen LogP contribution in [0, 0.1) is 11.8 Å². The predicted octanol–water partition coefficient (Wildman–Crippen LogP) is 4.00. The molecule has 0 spiro atoms. The lowest BCUT2D eigenvalue weighted by molar-refractivity contribution is -0.134. The van der Waals surface area contributed by atoms with Gasteiger partial charge in [-0.15, -0.1) is 0 Å². The third-order valence-corrected chi connectivity index (χ3v) is 8.86. The number of aromatic nitrogens is 1. The van der Waals surface area contributed by atoms with Crippen molar-refractivity contribution in [1.82, 2.24) is 14.6 Å². The van der Waals surface area contributed by atoms with Gasteiger partial charge in [-0.1, -0.05) is 32.0 Å². The van der Waals surface area contributed by atoms with E-state index in [9.17, 15) is 13.2 Å². The van der Waals surface area contributed by atoms with Crippen LogP contribution in [0.5, 0.6) is 0 Å². The molecule has 1 unspecified atom stereocenters. The molecule has 1 aliphatic carbocycles. The number of hydrogen-bond donors (Lipinski definition) is 2. The van der Waals surface area contributed by atoms with Gasteiger partial charge in [-0.25, -0.2) is 13.4 Å². The van der Waals surface area contributed by atoms with Crippen molar-refractivity contribution in [2.24, 2.45) is 11.8 Å². The van der Waals surface area contributed by atoms with Crippen LogP contribution in [0.1, 0.15) is 57.1 Å². The molecule has 190 valence electrons. The van der Waals surface area contributed by atoms with Crippen molar-refractivity contribution in [2.45, 2.75) is 69.7 Å². The van der Waals surface area contributed by atoms with Gasteiger partial charge in [-0.2, -0.15) is 4.72 Å². The van der Waals surface area contributed by atoms with E-state index in [1.54, 1.807) is 12.3 Å². The smallest absolute Gasteiger partial charge is 0.241 e. The van der Waals surface area contributed by atoms with E-state index in [1.807, 2.05) is 35.2 Å². The zero-order valence-electron chi connectivity index (χ0n) is 20.9. The Bertz CT molecular complexity index is 1100. The fourth-order valence-corrected chi connectivity index (χ4v) is 6.66. The lowest BCUT2D eigenvalue weighted by atomic mass is 9.85. The van der Waals surface area contributed by atoms with E-state index in [2.05, 4.69) is 28.9 Å². The lowest BCUT2D eigenvalue weighted by Gasteiger charge is -2.33. The molecule has 2 atom stereocenters. The van der Waals surface area contributed by atoms with Gasteiger partial charge in [-0.3, -0.25) is 4.79 Å². The molecule has 1 aliphatic heterocycles. The van der Waals surface area contributed by atoms with Crippen LogP contribution in [0.4, 0.5) is 5.82 Å². The molecule has 1 saturated heterocycles. The highest BCUT2D eigenvalue weighted by Gasteiger charge is 2.32. The van der Waals surface area contributed by atoms with Crippen LogP contribution in [0.25, 0.3) is 0 Å². The van der Waals surface area contributed by atoms with E-state index in [0.717, 1.165) is 49.0 Å². The van der Waals surface area contributed by atoms with Gasteiger partial charge >= 0.3 is 0 Å². The number of carbonyl (C=O) groups is 1. The van der Waals surface area contributed by atoms with Crippen LogP contribution in [-0.4, -0.2) is 49.9 Å². The average molecular weight is 499 g/mol. The van der Waals surface area contributed by atoms with Crippen LogP contribution in [-0.2, 0) is 27.7 Å². The predicted molar refractivity (Wildman–Crippen MR) is 139 cm³/mol. The first-order chi connectivity index (χ1) is 16.8. The van der Waals surface area contributed by atoms with Gasteiger partial charge in [0.05, 0.1) is 4.90 Å². The molecule has 0 saturated carbocycles. The Kier molecular flexibility index (Phi) is 8.44. The van der Waals surface area contributed by atoms with Gasteiger partial charge < -0.3 is 10.2 Å². The standard InChI is InChI=1S/C27H38N4O3S/c1-20-13-17-31(18-14-20)27(32)24(8-6-16-29-26-10-3-4-15-28-26)30-35(33,34)25-9-5-7-22-19-21(2)11-12-23(22)25/h3-5,7,9-10,15,20-21,24,30H,6,8,11-14,16-19H2,1-2H3,(H,28,29)/t21?,24-/m0/s1. The Morgan fingerprint density at radius 2 is 1.89 bits per heavy atom. The maximum absolute atomic E-state index is 13.6. The van der Waals surface area contributed by atoms with E-state index in [4.69, 9.17) is 0 Å². The Morgan fingerprint density at radius 1 is 1.09 bits per heavy atom. The maximum atomic E-state index is 13.6. The number of carbonyl (C=O) groups excluding carboxylic acids is 1. The van der Waals surface area contributed by atoms with Crippen molar-refractivity contribution in [3.8, 4) is 0 Å². The summed E-state index contributed by atoms with van der Waals surface area (Å²) in [5.74, 6) is 1.80. The first-order valence-electron chi connectivity index (χ1n) is 12.9. The second-order valence-corrected chi connectivity index (χ2v) is 11.9. The van der Waals surface area contributed by atoms with E-state index in [-0.39, 0.29) is 5.91 Å². The number of amides is 1. The summed E-state index contributed by atoms with van der Waals surface area (Å²) in [5.41, 5.74) is 2.02. The van der Waals surface area contributed by atoms with Crippen molar-refractivity contribution in [3.63, 3.8) is 0 Å². The van der Waals surface area contributed by atoms with E-state index < -0.39 is 16.1 Å². The first kappa shape index (κ1) is 25.6. The zero-order valence-corrected chi connectivity index (χ0v) is 21.7. The fourth-order valence-electron chi connectivity index (χ4n) is 5.13. The van der Waals surface area contributed by atoms with Crippen molar-refractivity contribution >= 4 is 21.7 Å². The fraction of sp³-hybridized carbons (Fsp3) is 0.556. The highest BCUT2D eigenvalue weighted by molar-refractivity contribution is 7.89. The summed E-state index contributed by atoms with van der Waals surface area (Å²) in [6.45, 7) is 6.38. The van der Waals surface area contributed by atoms with Gasteiger partial charge in [0.1, 0.15) is 11.9 Å². The third-order valence-electron chi connectivity index (χ3n) is 7.31.